The van der Waals surface area contributed by atoms with Crippen molar-refractivity contribution in [3.05, 3.63) is 0 Å². The second-order valence-corrected chi connectivity index (χ2v) is 8.78. The fourth-order valence-corrected chi connectivity index (χ4v) is 5.08. The van der Waals surface area contributed by atoms with Crippen LogP contribution in [0.25, 0.3) is 0 Å². The Bertz CT molecular complexity index is 213. The van der Waals surface area contributed by atoms with Crippen molar-refractivity contribution in [3.63, 3.8) is 0 Å². The monoisotopic (exact) mass is 318 g/mol. The largest absolute Gasteiger partial charge is 0.127 e. The summed E-state index contributed by atoms with van der Waals surface area (Å²) in [6, 6.07) is 0. The van der Waals surface area contributed by atoms with Gasteiger partial charge < -0.3 is 0 Å². The SMILES string of the molecule is B(C1CCCCCCCCCC1)C1CCCCCCCCCC1. The fraction of sp³-hybridized carbons (Fsp3) is 1.00. The van der Waals surface area contributed by atoms with Crippen LogP contribution in [-0.4, -0.2) is 7.28 Å². The molecule has 0 N–H and O–H groups in total. The van der Waals surface area contributed by atoms with Crippen LogP contribution in [0.15, 0.2) is 0 Å². The molecular formula is C22H43B. The van der Waals surface area contributed by atoms with Crippen molar-refractivity contribution in [3.8, 4) is 0 Å². The minimum absolute atomic E-state index is 1.07. The van der Waals surface area contributed by atoms with Gasteiger partial charge in [-0.3, -0.25) is 0 Å². The van der Waals surface area contributed by atoms with E-state index >= 15 is 0 Å². The number of rotatable bonds is 2. The minimum atomic E-state index is 1.07. The molecule has 2 rings (SSSR count). The highest BCUT2D eigenvalue weighted by molar-refractivity contribution is 6.39. The zero-order chi connectivity index (χ0) is 16.0. The maximum Gasteiger partial charge on any atom is 0.127 e. The Hall–Kier alpha value is 0.0649. The molecule has 134 valence electrons. The lowest BCUT2D eigenvalue weighted by atomic mass is 9.50. The summed E-state index contributed by atoms with van der Waals surface area (Å²) < 4.78 is 0. The molecule has 0 aliphatic heterocycles. The van der Waals surface area contributed by atoms with Gasteiger partial charge in [0.15, 0.2) is 0 Å². The van der Waals surface area contributed by atoms with E-state index in [1.54, 1.807) is 33.0 Å². The number of hydrogen-bond donors (Lipinski definition) is 0. The van der Waals surface area contributed by atoms with Crippen molar-refractivity contribution in [2.75, 3.05) is 0 Å². The lowest BCUT2D eigenvalue weighted by Crippen LogP contribution is -2.12. The minimum Gasteiger partial charge on any atom is -0.0654 e. The average Bonchev–Trinajstić information content (AvgIpc) is 2.66. The highest BCUT2D eigenvalue weighted by Crippen LogP contribution is 2.33. The number of hydrogen-bond acceptors (Lipinski definition) is 0. The van der Waals surface area contributed by atoms with Crippen LogP contribution in [0.3, 0.4) is 0 Å². The third-order valence-electron chi connectivity index (χ3n) is 6.62. The summed E-state index contributed by atoms with van der Waals surface area (Å²) in [6.07, 6.45) is 30.4. The standard InChI is InChI=1S/C22H43B/c1-2-6-10-14-18-21(17-13-9-5-1)23-22-19-15-11-7-3-4-8-12-16-20-22/h21-23H,1-20H2. The molecule has 0 nitrogen and oxygen atoms in total. The maximum absolute atomic E-state index is 1.58. The summed E-state index contributed by atoms with van der Waals surface area (Å²) in [5.41, 5.74) is 0. The first-order chi connectivity index (χ1) is 11.4. The molecule has 2 aliphatic rings. The lowest BCUT2D eigenvalue weighted by molar-refractivity contribution is 0.546. The van der Waals surface area contributed by atoms with E-state index in [1.807, 2.05) is 0 Å². The molecule has 2 fully saturated rings. The molecular weight excluding hydrogens is 275 g/mol. The van der Waals surface area contributed by atoms with Crippen molar-refractivity contribution in [1.82, 2.24) is 0 Å². The van der Waals surface area contributed by atoms with Gasteiger partial charge in [0.25, 0.3) is 0 Å². The highest BCUT2D eigenvalue weighted by Gasteiger charge is 2.18. The molecule has 0 amide bonds. The summed E-state index contributed by atoms with van der Waals surface area (Å²) in [7, 11) is 1.58. The van der Waals surface area contributed by atoms with E-state index < -0.39 is 0 Å². The predicted molar refractivity (Wildman–Crippen MR) is 107 cm³/mol. The van der Waals surface area contributed by atoms with E-state index in [0.29, 0.717) is 0 Å². The van der Waals surface area contributed by atoms with E-state index in [9.17, 15) is 0 Å². The van der Waals surface area contributed by atoms with Crippen LogP contribution in [0.5, 0.6) is 0 Å². The Morgan fingerprint density at radius 2 is 0.522 bits per heavy atom. The summed E-state index contributed by atoms with van der Waals surface area (Å²) in [4.78, 5) is 0. The Labute approximate surface area is 147 Å². The van der Waals surface area contributed by atoms with Crippen molar-refractivity contribution in [1.29, 1.82) is 0 Å². The quantitative estimate of drug-likeness (QED) is 0.455. The molecule has 0 aromatic heterocycles. The van der Waals surface area contributed by atoms with E-state index in [2.05, 4.69) is 0 Å². The van der Waals surface area contributed by atoms with Crippen LogP contribution in [0.1, 0.15) is 128 Å². The summed E-state index contributed by atoms with van der Waals surface area (Å²) in [6.45, 7) is 0. The van der Waals surface area contributed by atoms with Crippen LogP contribution < -0.4 is 0 Å². The van der Waals surface area contributed by atoms with Gasteiger partial charge in [-0.15, -0.1) is 0 Å². The van der Waals surface area contributed by atoms with Gasteiger partial charge >= 0.3 is 0 Å². The second-order valence-electron chi connectivity index (χ2n) is 8.78. The Morgan fingerprint density at radius 3 is 0.783 bits per heavy atom. The predicted octanol–water partition coefficient (Wildman–Crippen LogP) is 7.83. The van der Waals surface area contributed by atoms with Crippen LogP contribution in [0, 0.1) is 0 Å². The van der Waals surface area contributed by atoms with Crippen molar-refractivity contribution in [2.45, 2.75) is 140 Å². The van der Waals surface area contributed by atoms with Gasteiger partial charge in [0.05, 0.1) is 0 Å². The summed E-state index contributed by atoms with van der Waals surface area (Å²) in [5.74, 6) is 2.14. The molecule has 0 radical (unpaired) electrons. The van der Waals surface area contributed by atoms with Gasteiger partial charge in [-0.25, -0.2) is 0 Å². The van der Waals surface area contributed by atoms with E-state index in [1.165, 1.54) is 103 Å². The third-order valence-corrected chi connectivity index (χ3v) is 6.62. The Balaban J connectivity index is 1.76. The van der Waals surface area contributed by atoms with Crippen LogP contribution in [0.2, 0.25) is 11.6 Å². The van der Waals surface area contributed by atoms with Crippen LogP contribution in [-0.2, 0) is 0 Å². The van der Waals surface area contributed by atoms with E-state index in [0.717, 1.165) is 11.6 Å². The molecule has 0 aromatic carbocycles. The van der Waals surface area contributed by atoms with Gasteiger partial charge in [-0.05, 0) is 0 Å². The molecule has 0 saturated heterocycles. The molecule has 23 heavy (non-hydrogen) atoms. The highest BCUT2D eigenvalue weighted by atomic mass is 14.1. The molecule has 0 heterocycles. The third kappa shape index (κ3) is 9.83. The fourth-order valence-electron chi connectivity index (χ4n) is 5.08. The molecule has 1 heteroatoms. The van der Waals surface area contributed by atoms with Crippen molar-refractivity contribution >= 4 is 7.28 Å². The zero-order valence-corrected chi connectivity index (χ0v) is 16.0. The van der Waals surface area contributed by atoms with E-state index in [4.69, 9.17) is 0 Å². The normalized spacial score (nSPS) is 25.9. The first-order valence-corrected chi connectivity index (χ1v) is 11.4. The molecule has 0 atom stereocenters. The molecule has 2 aliphatic carbocycles. The Morgan fingerprint density at radius 1 is 0.304 bits per heavy atom. The topological polar surface area (TPSA) is 0 Å². The molecule has 2 saturated carbocycles. The zero-order valence-electron chi connectivity index (χ0n) is 16.0. The average molecular weight is 318 g/mol. The summed E-state index contributed by atoms with van der Waals surface area (Å²) in [5, 5.41) is 0. The first kappa shape index (κ1) is 19.4. The van der Waals surface area contributed by atoms with Crippen LogP contribution in [0.4, 0.5) is 0 Å². The molecule has 0 aromatic rings. The van der Waals surface area contributed by atoms with Gasteiger partial charge in [0.1, 0.15) is 7.28 Å². The first-order valence-electron chi connectivity index (χ1n) is 11.4. The Kier molecular flexibility index (Phi) is 11.3. The molecule has 0 unspecified atom stereocenters. The van der Waals surface area contributed by atoms with Crippen molar-refractivity contribution < 1.29 is 0 Å². The van der Waals surface area contributed by atoms with Crippen LogP contribution >= 0.6 is 0 Å². The van der Waals surface area contributed by atoms with Gasteiger partial charge in [-0.2, -0.15) is 0 Å². The van der Waals surface area contributed by atoms with E-state index in [-0.39, 0.29) is 0 Å². The maximum atomic E-state index is 1.58. The summed E-state index contributed by atoms with van der Waals surface area (Å²) >= 11 is 0. The molecule has 0 spiro atoms. The lowest BCUT2D eigenvalue weighted by Gasteiger charge is -2.22. The van der Waals surface area contributed by atoms with Gasteiger partial charge in [0, 0.05) is 0 Å². The smallest absolute Gasteiger partial charge is 0.0654 e. The second kappa shape index (κ2) is 13.4. The van der Waals surface area contributed by atoms with Gasteiger partial charge in [-0.1, -0.05) is 140 Å². The van der Waals surface area contributed by atoms with Gasteiger partial charge in [0.2, 0.25) is 0 Å². The molecule has 0 bridgehead atoms. The van der Waals surface area contributed by atoms with Crippen molar-refractivity contribution in [2.24, 2.45) is 0 Å².